The van der Waals surface area contributed by atoms with Crippen LogP contribution in [0.15, 0.2) is 24.7 Å². The zero-order valence-corrected chi connectivity index (χ0v) is 18.8. The van der Waals surface area contributed by atoms with Crippen molar-refractivity contribution in [2.24, 2.45) is 7.05 Å². The average Bonchev–Trinajstić information content (AvgIpc) is 3.42. The lowest BCUT2D eigenvalue weighted by molar-refractivity contribution is -0.142. The number of rotatable bonds is 5. The van der Waals surface area contributed by atoms with Gasteiger partial charge in [0.15, 0.2) is 11.3 Å². The molecule has 0 fully saturated rings. The summed E-state index contributed by atoms with van der Waals surface area (Å²) in [5.74, 6) is -0.491. The Hall–Kier alpha value is -3.70. The van der Waals surface area contributed by atoms with E-state index in [2.05, 4.69) is 20.3 Å². The van der Waals surface area contributed by atoms with E-state index >= 15 is 0 Å². The summed E-state index contributed by atoms with van der Waals surface area (Å²) in [7, 11) is 3.25. The molecule has 1 amide bonds. The van der Waals surface area contributed by atoms with E-state index in [1.165, 1.54) is 9.58 Å². The van der Waals surface area contributed by atoms with Gasteiger partial charge in [-0.1, -0.05) is 0 Å². The molecule has 0 radical (unpaired) electrons. The zero-order valence-electron chi connectivity index (χ0n) is 18.8. The smallest absolute Gasteiger partial charge is 0.337 e. The standard InChI is InChI=1S/C21H23F3N8O/c1-6-31-10-14(12(2)28-31)9-29(4)20(33)15-8-25-32-18(21(22,23)24)7-17(26-19(15)32)16-11-30(5)27-13(16)3/h7-8,10-11H,6,9H2,1-5H3. The Bertz CT molecular complexity index is 1350. The Labute approximate surface area is 187 Å². The van der Waals surface area contributed by atoms with Crippen LogP contribution in [-0.4, -0.2) is 52.0 Å². The van der Waals surface area contributed by atoms with E-state index in [9.17, 15) is 18.0 Å². The van der Waals surface area contributed by atoms with Crippen LogP contribution in [0.4, 0.5) is 13.2 Å². The third-order valence-corrected chi connectivity index (χ3v) is 5.41. The van der Waals surface area contributed by atoms with Crippen LogP contribution in [0, 0.1) is 13.8 Å². The SMILES string of the molecule is CCn1cc(CN(C)C(=O)c2cnn3c(C(F)(F)F)cc(-c4cn(C)nc4C)nc23)c(C)n1. The molecule has 0 saturated heterocycles. The molecule has 0 aromatic carbocycles. The summed E-state index contributed by atoms with van der Waals surface area (Å²) < 4.78 is 45.5. The molecule has 0 saturated carbocycles. The number of fused-ring (bicyclic) bond motifs is 1. The molecule has 33 heavy (non-hydrogen) atoms. The van der Waals surface area contributed by atoms with Crippen LogP contribution in [0.2, 0.25) is 0 Å². The Balaban J connectivity index is 1.79. The maximum Gasteiger partial charge on any atom is 0.433 e. The Morgan fingerprint density at radius 2 is 1.88 bits per heavy atom. The summed E-state index contributed by atoms with van der Waals surface area (Å²) in [4.78, 5) is 19.0. The molecule has 0 aliphatic carbocycles. The fourth-order valence-corrected chi connectivity index (χ4v) is 3.71. The first-order valence-electron chi connectivity index (χ1n) is 10.2. The summed E-state index contributed by atoms with van der Waals surface area (Å²) in [6.45, 7) is 6.41. The minimum absolute atomic E-state index is 0.0214. The number of hydrogen-bond donors (Lipinski definition) is 0. The number of nitrogens with zero attached hydrogens (tertiary/aromatic N) is 8. The molecule has 0 spiro atoms. The lowest BCUT2D eigenvalue weighted by Crippen LogP contribution is -2.26. The van der Waals surface area contributed by atoms with Gasteiger partial charge in [-0.3, -0.25) is 14.2 Å². The monoisotopic (exact) mass is 460 g/mol. The van der Waals surface area contributed by atoms with Crippen molar-refractivity contribution in [1.82, 2.24) is 39.1 Å². The number of hydrogen-bond acceptors (Lipinski definition) is 5. The predicted octanol–water partition coefficient (Wildman–Crippen LogP) is 3.25. The van der Waals surface area contributed by atoms with E-state index in [4.69, 9.17) is 0 Å². The molecule has 4 aromatic heterocycles. The van der Waals surface area contributed by atoms with Crippen LogP contribution in [0.1, 0.15) is 39.9 Å². The van der Waals surface area contributed by atoms with Crippen LogP contribution in [0.5, 0.6) is 0 Å². The molecular weight excluding hydrogens is 437 g/mol. The molecule has 0 N–H and O–H groups in total. The minimum atomic E-state index is -4.70. The third-order valence-electron chi connectivity index (χ3n) is 5.41. The molecule has 9 nitrogen and oxygen atoms in total. The van der Waals surface area contributed by atoms with Gasteiger partial charge in [0.05, 0.1) is 23.3 Å². The predicted molar refractivity (Wildman–Crippen MR) is 113 cm³/mol. The van der Waals surface area contributed by atoms with Crippen molar-refractivity contribution < 1.29 is 18.0 Å². The van der Waals surface area contributed by atoms with Gasteiger partial charge in [-0.2, -0.15) is 28.5 Å². The minimum Gasteiger partial charge on any atom is -0.337 e. The fourth-order valence-electron chi connectivity index (χ4n) is 3.71. The van der Waals surface area contributed by atoms with Gasteiger partial charge in [0.1, 0.15) is 5.56 Å². The van der Waals surface area contributed by atoms with Gasteiger partial charge in [-0.05, 0) is 26.8 Å². The summed E-state index contributed by atoms with van der Waals surface area (Å²) in [6.07, 6.45) is -0.139. The summed E-state index contributed by atoms with van der Waals surface area (Å²) >= 11 is 0. The van der Waals surface area contributed by atoms with Crippen molar-refractivity contribution in [2.45, 2.75) is 40.0 Å². The second-order valence-electron chi connectivity index (χ2n) is 7.88. The van der Waals surface area contributed by atoms with Crippen LogP contribution >= 0.6 is 0 Å². The Kier molecular flexibility index (Phi) is 5.46. The first-order valence-corrected chi connectivity index (χ1v) is 10.2. The second-order valence-corrected chi connectivity index (χ2v) is 7.88. The number of halogens is 3. The molecule has 0 aliphatic heterocycles. The molecule has 0 atom stereocenters. The van der Waals surface area contributed by atoms with Crippen molar-refractivity contribution in [3.8, 4) is 11.3 Å². The highest BCUT2D eigenvalue weighted by Gasteiger charge is 2.36. The van der Waals surface area contributed by atoms with Crippen molar-refractivity contribution in [1.29, 1.82) is 0 Å². The van der Waals surface area contributed by atoms with Crippen molar-refractivity contribution in [3.05, 3.63) is 52.9 Å². The van der Waals surface area contributed by atoms with Crippen molar-refractivity contribution in [2.75, 3.05) is 7.05 Å². The lowest BCUT2D eigenvalue weighted by atomic mass is 10.1. The van der Waals surface area contributed by atoms with Gasteiger partial charge in [-0.25, -0.2) is 9.50 Å². The molecule has 4 heterocycles. The van der Waals surface area contributed by atoms with E-state index in [1.54, 1.807) is 31.9 Å². The normalized spacial score (nSPS) is 12.0. The topological polar surface area (TPSA) is 86.1 Å². The molecule has 0 bridgehead atoms. The molecule has 0 unspecified atom stereocenters. The van der Waals surface area contributed by atoms with Gasteiger partial charge in [0.2, 0.25) is 0 Å². The van der Waals surface area contributed by atoms with E-state index in [0.717, 1.165) is 23.5 Å². The quantitative estimate of drug-likeness (QED) is 0.456. The first-order chi connectivity index (χ1) is 15.5. The van der Waals surface area contributed by atoms with Gasteiger partial charge in [0, 0.05) is 50.7 Å². The van der Waals surface area contributed by atoms with Crippen molar-refractivity contribution >= 4 is 11.6 Å². The van der Waals surface area contributed by atoms with Crippen molar-refractivity contribution in [3.63, 3.8) is 0 Å². The van der Waals surface area contributed by atoms with E-state index < -0.39 is 17.8 Å². The Morgan fingerprint density at radius 3 is 2.45 bits per heavy atom. The second kappa shape index (κ2) is 8.01. The zero-order chi connectivity index (χ0) is 24.1. The number of alkyl halides is 3. The summed E-state index contributed by atoms with van der Waals surface area (Å²) in [5.41, 5.74) is 1.46. The number of aromatic nitrogens is 7. The van der Waals surface area contributed by atoms with Crippen LogP contribution in [-0.2, 0) is 26.3 Å². The molecule has 12 heteroatoms. The largest absolute Gasteiger partial charge is 0.433 e. The van der Waals surface area contributed by atoms with E-state index in [1.807, 2.05) is 20.0 Å². The molecule has 4 rings (SSSR count). The summed E-state index contributed by atoms with van der Waals surface area (Å²) in [6, 6.07) is 0.921. The summed E-state index contributed by atoms with van der Waals surface area (Å²) in [5, 5.41) is 12.4. The van der Waals surface area contributed by atoms with Gasteiger partial charge in [-0.15, -0.1) is 0 Å². The molecule has 174 valence electrons. The first kappa shape index (κ1) is 22.5. The van der Waals surface area contributed by atoms with Gasteiger partial charge < -0.3 is 4.90 Å². The highest BCUT2D eigenvalue weighted by atomic mass is 19.4. The Morgan fingerprint density at radius 1 is 1.15 bits per heavy atom. The average molecular weight is 460 g/mol. The maximum absolute atomic E-state index is 13.8. The van der Waals surface area contributed by atoms with E-state index in [-0.39, 0.29) is 23.4 Å². The number of carbonyl (C=O) groups is 1. The molecule has 0 aliphatic rings. The van der Waals surface area contributed by atoms with Crippen LogP contribution in [0.25, 0.3) is 16.9 Å². The van der Waals surface area contributed by atoms with Crippen LogP contribution < -0.4 is 0 Å². The van der Waals surface area contributed by atoms with Crippen LogP contribution in [0.3, 0.4) is 0 Å². The fraction of sp³-hybridized carbons (Fsp3) is 0.381. The van der Waals surface area contributed by atoms with E-state index in [0.29, 0.717) is 22.3 Å². The lowest BCUT2D eigenvalue weighted by Gasteiger charge is -2.16. The molecule has 4 aromatic rings. The molecular formula is C21H23F3N8O. The number of amides is 1. The van der Waals surface area contributed by atoms with Gasteiger partial charge in [0.25, 0.3) is 5.91 Å². The highest BCUT2D eigenvalue weighted by Crippen LogP contribution is 2.33. The van der Waals surface area contributed by atoms with Gasteiger partial charge >= 0.3 is 6.18 Å². The third kappa shape index (κ3) is 4.08. The number of aryl methyl sites for hydroxylation is 4. The number of carbonyl (C=O) groups excluding carboxylic acids is 1. The highest BCUT2D eigenvalue weighted by molar-refractivity contribution is 5.99. The maximum atomic E-state index is 13.8.